The number of benzene rings is 1. The Balaban J connectivity index is 0.00000144. The molecule has 1 fully saturated rings. The third-order valence-corrected chi connectivity index (χ3v) is 3.11. The predicted molar refractivity (Wildman–Crippen MR) is 71.0 cm³/mol. The van der Waals surface area contributed by atoms with E-state index in [2.05, 4.69) is 26.6 Å². The summed E-state index contributed by atoms with van der Waals surface area (Å²) in [5.74, 6) is -0.595. The van der Waals surface area contributed by atoms with Crippen molar-refractivity contribution in [3.05, 3.63) is 28.5 Å². The highest BCUT2D eigenvalue weighted by atomic mass is 79.9. The second-order valence-corrected chi connectivity index (χ2v) is 4.72. The lowest BCUT2D eigenvalue weighted by Gasteiger charge is -2.10. The summed E-state index contributed by atoms with van der Waals surface area (Å²) < 4.78 is 14.1. The molecule has 6 heteroatoms. The maximum atomic E-state index is 13.4. The number of anilines is 1. The van der Waals surface area contributed by atoms with E-state index >= 15 is 0 Å². The van der Waals surface area contributed by atoms with E-state index in [1.807, 2.05) is 0 Å². The Labute approximate surface area is 114 Å². The molecule has 1 amide bonds. The monoisotopic (exact) mass is 322 g/mol. The van der Waals surface area contributed by atoms with E-state index in [9.17, 15) is 9.18 Å². The van der Waals surface area contributed by atoms with Crippen LogP contribution in [-0.4, -0.2) is 19.0 Å². The second-order valence-electron chi connectivity index (χ2n) is 3.80. The van der Waals surface area contributed by atoms with Gasteiger partial charge < -0.3 is 10.6 Å². The first-order valence-electron chi connectivity index (χ1n) is 5.13. The van der Waals surface area contributed by atoms with Gasteiger partial charge in [-0.25, -0.2) is 4.39 Å². The van der Waals surface area contributed by atoms with Crippen molar-refractivity contribution in [2.75, 3.05) is 18.4 Å². The van der Waals surface area contributed by atoms with Gasteiger partial charge in [-0.3, -0.25) is 4.79 Å². The smallest absolute Gasteiger partial charge is 0.228 e. The van der Waals surface area contributed by atoms with Crippen LogP contribution in [0.1, 0.15) is 6.42 Å². The zero-order valence-corrected chi connectivity index (χ0v) is 11.4. The zero-order valence-electron chi connectivity index (χ0n) is 9.00. The zero-order chi connectivity index (χ0) is 11.5. The summed E-state index contributed by atoms with van der Waals surface area (Å²) in [4.78, 5) is 11.7. The average molecular weight is 324 g/mol. The number of carbonyl (C=O) groups is 1. The van der Waals surface area contributed by atoms with E-state index in [0.717, 1.165) is 17.4 Å². The Morgan fingerprint density at radius 2 is 2.29 bits per heavy atom. The number of nitrogens with one attached hydrogen (secondary N) is 2. The van der Waals surface area contributed by atoms with Crippen molar-refractivity contribution in [3.8, 4) is 0 Å². The molecule has 1 aromatic carbocycles. The second kappa shape index (κ2) is 6.33. The Bertz CT molecular complexity index is 410. The fourth-order valence-corrected chi connectivity index (χ4v) is 2.07. The van der Waals surface area contributed by atoms with Crippen molar-refractivity contribution >= 4 is 39.9 Å². The van der Waals surface area contributed by atoms with Crippen LogP contribution in [-0.2, 0) is 4.79 Å². The highest BCUT2D eigenvalue weighted by molar-refractivity contribution is 9.10. The molecule has 1 aliphatic heterocycles. The van der Waals surface area contributed by atoms with E-state index in [1.54, 1.807) is 12.1 Å². The van der Waals surface area contributed by atoms with Gasteiger partial charge in [0.15, 0.2) is 0 Å². The van der Waals surface area contributed by atoms with Crippen LogP contribution in [0, 0.1) is 11.7 Å². The summed E-state index contributed by atoms with van der Waals surface area (Å²) in [5.41, 5.74) is 0.228. The topological polar surface area (TPSA) is 41.1 Å². The van der Waals surface area contributed by atoms with Crippen LogP contribution < -0.4 is 10.6 Å². The minimum atomic E-state index is -0.414. The Hall–Kier alpha value is -0.650. The number of rotatable bonds is 2. The molecule has 2 N–H and O–H groups in total. The molecular weight excluding hydrogens is 310 g/mol. The van der Waals surface area contributed by atoms with E-state index in [0.29, 0.717) is 6.54 Å². The quantitative estimate of drug-likeness (QED) is 0.878. The fraction of sp³-hybridized carbons (Fsp3) is 0.364. The van der Waals surface area contributed by atoms with Gasteiger partial charge in [0, 0.05) is 11.0 Å². The van der Waals surface area contributed by atoms with Crippen molar-refractivity contribution in [1.29, 1.82) is 0 Å². The van der Waals surface area contributed by atoms with Crippen molar-refractivity contribution < 1.29 is 9.18 Å². The van der Waals surface area contributed by atoms with Gasteiger partial charge in [0.1, 0.15) is 5.82 Å². The first-order valence-corrected chi connectivity index (χ1v) is 5.93. The third kappa shape index (κ3) is 3.66. The van der Waals surface area contributed by atoms with Gasteiger partial charge in [-0.2, -0.15) is 0 Å². The maximum absolute atomic E-state index is 13.4. The molecule has 17 heavy (non-hydrogen) atoms. The molecule has 0 saturated carbocycles. The molecule has 3 nitrogen and oxygen atoms in total. The van der Waals surface area contributed by atoms with Crippen LogP contribution in [0.4, 0.5) is 10.1 Å². The predicted octanol–water partition coefficient (Wildman–Crippen LogP) is 2.56. The molecule has 0 spiro atoms. The average Bonchev–Trinajstić information content (AvgIpc) is 2.76. The molecule has 0 aromatic heterocycles. The highest BCUT2D eigenvalue weighted by Crippen LogP contribution is 2.21. The number of hydrogen-bond donors (Lipinski definition) is 2. The lowest BCUT2D eigenvalue weighted by atomic mass is 10.1. The molecule has 1 aromatic rings. The van der Waals surface area contributed by atoms with Crippen LogP contribution in [0.2, 0.25) is 0 Å². The fourth-order valence-electron chi connectivity index (χ4n) is 1.71. The van der Waals surface area contributed by atoms with Gasteiger partial charge in [-0.15, -0.1) is 12.4 Å². The summed E-state index contributed by atoms with van der Waals surface area (Å²) >= 11 is 3.24. The van der Waals surface area contributed by atoms with Crippen molar-refractivity contribution in [3.63, 3.8) is 0 Å². The van der Waals surface area contributed by atoms with Crippen LogP contribution in [0.15, 0.2) is 22.7 Å². The summed E-state index contributed by atoms with van der Waals surface area (Å²) in [6.07, 6.45) is 0.807. The summed E-state index contributed by atoms with van der Waals surface area (Å²) in [6.45, 7) is 1.51. The van der Waals surface area contributed by atoms with E-state index in [-0.39, 0.29) is 29.9 Å². The highest BCUT2D eigenvalue weighted by Gasteiger charge is 2.22. The largest absolute Gasteiger partial charge is 0.323 e. The van der Waals surface area contributed by atoms with Crippen LogP contribution in [0.5, 0.6) is 0 Å². The number of hydrogen-bond acceptors (Lipinski definition) is 2. The molecule has 0 bridgehead atoms. The maximum Gasteiger partial charge on any atom is 0.228 e. The molecule has 1 saturated heterocycles. The molecule has 1 aliphatic rings. The van der Waals surface area contributed by atoms with Crippen LogP contribution in [0.25, 0.3) is 0 Å². The normalized spacial score (nSPS) is 18.6. The first kappa shape index (κ1) is 14.4. The molecule has 1 heterocycles. The standard InChI is InChI=1S/C11H12BrFN2O.ClH/c12-8-1-2-9(13)10(5-8)15-11(16)7-3-4-14-6-7;/h1-2,5,7,14H,3-4,6H2,(H,15,16);1H. The molecule has 1 unspecified atom stereocenters. The van der Waals surface area contributed by atoms with Gasteiger partial charge in [0.05, 0.1) is 11.6 Å². The summed E-state index contributed by atoms with van der Waals surface area (Å²) in [6, 6.07) is 4.49. The number of amides is 1. The van der Waals surface area contributed by atoms with Crippen molar-refractivity contribution in [2.45, 2.75) is 6.42 Å². The lowest BCUT2D eigenvalue weighted by molar-refractivity contribution is -0.119. The van der Waals surface area contributed by atoms with Crippen molar-refractivity contribution in [2.24, 2.45) is 5.92 Å². The summed E-state index contributed by atoms with van der Waals surface area (Å²) in [7, 11) is 0. The van der Waals surface area contributed by atoms with E-state index in [4.69, 9.17) is 0 Å². The Morgan fingerprint density at radius 1 is 1.53 bits per heavy atom. The van der Waals surface area contributed by atoms with Crippen LogP contribution in [0.3, 0.4) is 0 Å². The number of halogens is 3. The molecule has 2 rings (SSSR count). The first-order chi connectivity index (χ1) is 7.66. The SMILES string of the molecule is Cl.O=C(Nc1cc(Br)ccc1F)C1CCNC1. The van der Waals surface area contributed by atoms with Gasteiger partial charge in [0.25, 0.3) is 0 Å². The van der Waals surface area contributed by atoms with E-state index < -0.39 is 5.82 Å². The molecule has 1 atom stereocenters. The Morgan fingerprint density at radius 3 is 2.94 bits per heavy atom. The number of carbonyl (C=O) groups excluding carboxylic acids is 1. The molecular formula is C11H13BrClFN2O. The summed E-state index contributed by atoms with van der Waals surface area (Å²) in [5, 5.41) is 5.71. The minimum Gasteiger partial charge on any atom is -0.323 e. The Kier molecular flexibility index (Phi) is 5.36. The molecule has 0 aliphatic carbocycles. The molecule has 0 radical (unpaired) electrons. The third-order valence-electron chi connectivity index (χ3n) is 2.62. The lowest BCUT2D eigenvalue weighted by Crippen LogP contribution is -2.25. The van der Waals surface area contributed by atoms with Gasteiger partial charge in [-0.05, 0) is 31.2 Å². The van der Waals surface area contributed by atoms with E-state index in [1.165, 1.54) is 6.07 Å². The molecule has 94 valence electrons. The van der Waals surface area contributed by atoms with Gasteiger partial charge in [-0.1, -0.05) is 15.9 Å². The van der Waals surface area contributed by atoms with Gasteiger partial charge in [0.2, 0.25) is 5.91 Å². The van der Waals surface area contributed by atoms with Crippen LogP contribution >= 0.6 is 28.3 Å². The van der Waals surface area contributed by atoms with Crippen molar-refractivity contribution in [1.82, 2.24) is 5.32 Å². The minimum absolute atomic E-state index is 0. The van der Waals surface area contributed by atoms with Gasteiger partial charge >= 0.3 is 0 Å².